The lowest BCUT2D eigenvalue weighted by Gasteiger charge is -2.50. The summed E-state index contributed by atoms with van der Waals surface area (Å²) in [7, 11) is 1.61. The van der Waals surface area contributed by atoms with Gasteiger partial charge in [-0.25, -0.2) is 13.2 Å². The summed E-state index contributed by atoms with van der Waals surface area (Å²) in [5.74, 6) is -4.37. The van der Waals surface area contributed by atoms with E-state index in [0.29, 0.717) is 18.7 Å². The summed E-state index contributed by atoms with van der Waals surface area (Å²) in [6.07, 6.45) is 2.12. The van der Waals surface area contributed by atoms with Crippen molar-refractivity contribution in [2.24, 2.45) is 0 Å². The molecule has 2 saturated heterocycles. The van der Waals surface area contributed by atoms with Gasteiger partial charge < -0.3 is 14.7 Å². The highest BCUT2D eigenvalue weighted by molar-refractivity contribution is 7.14. The topological polar surface area (TPSA) is 101 Å². The first-order chi connectivity index (χ1) is 16.7. The lowest BCUT2D eigenvalue weighted by atomic mass is 10.1. The molecule has 9 nitrogen and oxygen atoms in total. The number of nitrogens with zero attached hydrogens (tertiary/aromatic N) is 5. The van der Waals surface area contributed by atoms with Crippen LogP contribution >= 0.6 is 11.3 Å². The van der Waals surface area contributed by atoms with Gasteiger partial charge in [-0.15, -0.1) is 10.2 Å². The number of amides is 1. The van der Waals surface area contributed by atoms with Gasteiger partial charge in [0.05, 0.1) is 24.3 Å². The zero-order valence-corrected chi connectivity index (χ0v) is 19.1. The first-order valence-corrected chi connectivity index (χ1v) is 11.7. The molecule has 6 rings (SSSR count). The first-order valence-electron chi connectivity index (χ1n) is 10.9. The van der Waals surface area contributed by atoms with Crippen molar-refractivity contribution >= 4 is 17.2 Å². The van der Waals surface area contributed by atoms with Crippen LogP contribution in [0.15, 0.2) is 23.1 Å². The van der Waals surface area contributed by atoms with E-state index in [2.05, 4.69) is 10.2 Å². The van der Waals surface area contributed by atoms with Gasteiger partial charge in [0.25, 0.3) is 5.91 Å². The average molecular weight is 505 g/mol. The number of likely N-dealkylation sites (N-methyl/N-ethyl adjacent to an activating group) is 1. The molecule has 1 aromatic carbocycles. The van der Waals surface area contributed by atoms with Crippen molar-refractivity contribution in [2.75, 3.05) is 18.6 Å². The van der Waals surface area contributed by atoms with Crippen LogP contribution in [0.5, 0.6) is 5.75 Å². The van der Waals surface area contributed by atoms with E-state index in [4.69, 9.17) is 4.74 Å². The standard InChI is InChI=1S/C22H18F3N5O4S/c1-28-21-15-3-2-10(34-15)7-30(21)29-8-12(18(31)19(32)17(29)22(28)33)20-27-26-16(35-20)6-11-13(24)4-9(23)5-14(11)25/h4-5,8,10,15,21,32H,2-3,6-7H2,1H3/t10-,15+,21-/m0/s1. The molecule has 5 heterocycles. The molecule has 3 aromatic rings. The van der Waals surface area contributed by atoms with E-state index in [-0.39, 0.29) is 45.5 Å². The molecular weight excluding hydrogens is 487 g/mol. The third kappa shape index (κ3) is 3.32. The summed E-state index contributed by atoms with van der Waals surface area (Å²) < 4.78 is 48.8. The van der Waals surface area contributed by atoms with Gasteiger partial charge in [-0.2, -0.15) is 0 Å². The van der Waals surface area contributed by atoms with E-state index >= 15 is 0 Å². The number of aromatic nitrogens is 3. The third-order valence-electron chi connectivity index (χ3n) is 6.66. The largest absolute Gasteiger partial charge is 0.502 e. The SMILES string of the molecule is CN1C(=O)c2c(O)c(=O)c(-c3nnc(Cc4c(F)cc(F)cc4F)s3)cn2N2C[C@@H]3CC[C@@H](O3)[C@@H]12. The Morgan fingerprint density at radius 2 is 1.91 bits per heavy atom. The number of benzene rings is 1. The molecule has 3 atom stereocenters. The highest BCUT2D eigenvalue weighted by Gasteiger charge is 2.49. The van der Waals surface area contributed by atoms with Crippen molar-refractivity contribution in [1.82, 2.24) is 19.8 Å². The highest BCUT2D eigenvalue weighted by atomic mass is 32.1. The molecule has 2 bridgehead atoms. The Morgan fingerprint density at radius 1 is 1.17 bits per heavy atom. The monoisotopic (exact) mass is 505 g/mol. The molecule has 1 N–H and O–H groups in total. The van der Waals surface area contributed by atoms with E-state index in [1.165, 1.54) is 15.8 Å². The molecule has 0 aliphatic carbocycles. The molecule has 3 aliphatic heterocycles. The number of carbonyl (C=O) groups excluding carboxylic acids is 1. The van der Waals surface area contributed by atoms with Crippen LogP contribution in [-0.2, 0) is 11.2 Å². The molecule has 0 radical (unpaired) electrons. The van der Waals surface area contributed by atoms with Crippen LogP contribution in [0.25, 0.3) is 10.6 Å². The van der Waals surface area contributed by atoms with Gasteiger partial charge in [0, 0.05) is 37.4 Å². The van der Waals surface area contributed by atoms with Crippen LogP contribution in [0, 0.1) is 17.5 Å². The summed E-state index contributed by atoms with van der Waals surface area (Å²) in [6, 6.07) is 1.16. The second-order valence-electron chi connectivity index (χ2n) is 8.77. The quantitative estimate of drug-likeness (QED) is 0.581. The molecule has 0 unspecified atom stereocenters. The number of aromatic hydroxyl groups is 1. The van der Waals surface area contributed by atoms with Crippen LogP contribution in [0.4, 0.5) is 13.2 Å². The van der Waals surface area contributed by atoms with Crippen molar-refractivity contribution in [3.63, 3.8) is 0 Å². The maximum absolute atomic E-state index is 14.1. The molecular formula is C22H18F3N5O4S. The normalized spacial score (nSPS) is 23.0. The van der Waals surface area contributed by atoms with Gasteiger partial charge in [-0.05, 0) is 12.8 Å². The Kier molecular flexibility index (Phi) is 4.90. The van der Waals surface area contributed by atoms with Gasteiger partial charge in [-0.3, -0.25) is 19.3 Å². The number of rotatable bonds is 3. The number of ether oxygens (including phenoxy) is 1. The second-order valence-corrected chi connectivity index (χ2v) is 9.83. The maximum atomic E-state index is 14.1. The van der Waals surface area contributed by atoms with Crippen molar-refractivity contribution in [2.45, 2.75) is 37.6 Å². The Morgan fingerprint density at radius 3 is 2.66 bits per heavy atom. The zero-order chi connectivity index (χ0) is 24.6. The molecule has 2 aromatic heterocycles. The fourth-order valence-corrected chi connectivity index (χ4v) is 5.88. The molecule has 13 heteroatoms. The van der Waals surface area contributed by atoms with Gasteiger partial charge in [0.2, 0.25) is 5.43 Å². The number of hydrogen-bond acceptors (Lipinski definition) is 8. The third-order valence-corrected chi connectivity index (χ3v) is 7.62. The fraction of sp³-hybridized carbons (Fsp3) is 0.364. The van der Waals surface area contributed by atoms with E-state index in [0.717, 1.165) is 24.2 Å². The van der Waals surface area contributed by atoms with Crippen LogP contribution in [0.2, 0.25) is 0 Å². The zero-order valence-electron chi connectivity index (χ0n) is 18.2. The molecule has 0 saturated carbocycles. The van der Waals surface area contributed by atoms with E-state index in [9.17, 15) is 27.9 Å². The number of pyridine rings is 1. The minimum atomic E-state index is -1.05. The lowest BCUT2D eigenvalue weighted by molar-refractivity contribution is -0.0478. The van der Waals surface area contributed by atoms with Gasteiger partial charge in [-0.1, -0.05) is 11.3 Å². The fourth-order valence-electron chi connectivity index (χ4n) is 5.02. The molecule has 182 valence electrons. The molecule has 1 amide bonds. The summed E-state index contributed by atoms with van der Waals surface area (Å²) in [5.41, 5.74) is -1.35. The summed E-state index contributed by atoms with van der Waals surface area (Å²) in [4.78, 5) is 27.5. The predicted octanol–water partition coefficient (Wildman–Crippen LogP) is 1.99. The summed E-state index contributed by atoms with van der Waals surface area (Å²) >= 11 is 0.908. The Labute approximate surface area is 200 Å². The lowest BCUT2D eigenvalue weighted by Crippen LogP contribution is -2.67. The number of carbonyl (C=O) groups is 1. The predicted molar refractivity (Wildman–Crippen MR) is 117 cm³/mol. The number of hydrogen-bond donors (Lipinski definition) is 1. The first kappa shape index (κ1) is 22.0. The van der Waals surface area contributed by atoms with Crippen LogP contribution < -0.4 is 10.4 Å². The summed E-state index contributed by atoms with van der Waals surface area (Å²) in [6.45, 7) is 0.456. The minimum Gasteiger partial charge on any atom is -0.502 e. The van der Waals surface area contributed by atoms with E-state index in [1.54, 1.807) is 7.05 Å². The van der Waals surface area contributed by atoms with E-state index in [1.807, 2.05) is 5.01 Å². The second kappa shape index (κ2) is 7.78. The van der Waals surface area contributed by atoms with Crippen molar-refractivity contribution < 1.29 is 27.8 Å². The number of morpholine rings is 1. The number of halogens is 3. The highest BCUT2D eigenvalue weighted by Crippen LogP contribution is 2.37. The van der Waals surface area contributed by atoms with Crippen molar-refractivity contribution in [1.29, 1.82) is 0 Å². The van der Waals surface area contributed by atoms with E-state index < -0.39 is 40.7 Å². The molecule has 2 fully saturated rings. The van der Waals surface area contributed by atoms with Crippen LogP contribution in [-0.4, -0.2) is 62.8 Å². The van der Waals surface area contributed by atoms with Crippen LogP contribution in [0.3, 0.4) is 0 Å². The average Bonchev–Trinajstić information content (AvgIpc) is 3.43. The van der Waals surface area contributed by atoms with Crippen LogP contribution in [0.1, 0.15) is 33.9 Å². The van der Waals surface area contributed by atoms with Gasteiger partial charge >= 0.3 is 0 Å². The molecule has 3 aliphatic rings. The Bertz CT molecular complexity index is 1420. The smallest absolute Gasteiger partial charge is 0.277 e. The minimum absolute atomic E-state index is 0.00927. The Hall–Kier alpha value is -3.45. The van der Waals surface area contributed by atoms with Gasteiger partial charge in [0.15, 0.2) is 16.5 Å². The Balaban J connectivity index is 1.41. The van der Waals surface area contributed by atoms with Crippen molar-refractivity contribution in [3.05, 3.63) is 62.3 Å². The molecule has 0 spiro atoms. The number of fused-ring (bicyclic) bond motifs is 6. The summed E-state index contributed by atoms with van der Waals surface area (Å²) in [5, 5.41) is 20.8. The van der Waals surface area contributed by atoms with Crippen molar-refractivity contribution in [3.8, 4) is 16.3 Å². The van der Waals surface area contributed by atoms with Gasteiger partial charge in [0.1, 0.15) is 28.6 Å². The maximum Gasteiger partial charge on any atom is 0.277 e. The molecule has 35 heavy (non-hydrogen) atoms.